The number of nitrogens with one attached hydrogen (secondary N) is 1. The van der Waals surface area contributed by atoms with Gasteiger partial charge in [0.1, 0.15) is 0 Å². The summed E-state index contributed by atoms with van der Waals surface area (Å²) in [5.41, 5.74) is 0. The lowest BCUT2D eigenvalue weighted by atomic mass is 10.1. The highest BCUT2D eigenvalue weighted by Gasteiger charge is 2.26. The molecule has 0 radical (unpaired) electrons. The number of aliphatic hydroxyl groups is 1. The van der Waals surface area contributed by atoms with Crippen LogP contribution in [0.15, 0.2) is 0 Å². The molecule has 1 aliphatic heterocycles. The van der Waals surface area contributed by atoms with E-state index in [-0.39, 0.29) is 12.0 Å². The Hall–Kier alpha value is -0.610. The third-order valence-electron chi connectivity index (χ3n) is 3.17. The first-order valence-electron chi connectivity index (χ1n) is 6.68. The SMILES string of the molecule is CC(C)CNC(=O)CN1CCCC1CC(C)O. The molecule has 0 aromatic rings. The number of hydrogen-bond donors (Lipinski definition) is 2. The van der Waals surface area contributed by atoms with E-state index < -0.39 is 0 Å². The van der Waals surface area contributed by atoms with Crippen LogP contribution in [0.25, 0.3) is 0 Å². The van der Waals surface area contributed by atoms with Crippen molar-refractivity contribution in [3.8, 4) is 0 Å². The minimum absolute atomic E-state index is 0.108. The van der Waals surface area contributed by atoms with Crippen LogP contribution >= 0.6 is 0 Å². The molecule has 1 amide bonds. The Bertz CT molecular complexity index is 242. The number of aliphatic hydroxyl groups excluding tert-OH is 1. The minimum atomic E-state index is -0.278. The average Bonchev–Trinajstić information content (AvgIpc) is 2.62. The van der Waals surface area contributed by atoms with Gasteiger partial charge in [0.25, 0.3) is 0 Å². The number of amides is 1. The van der Waals surface area contributed by atoms with Gasteiger partial charge in [0.2, 0.25) is 5.91 Å². The number of nitrogens with zero attached hydrogens (tertiary/aromatic N) is 1. The Labute approximate surface area is 104 Å². The highest BCUT2D eigenvalue weighted by molar-refractivity contribution is 5.78. The van der Waals surface area contributed by atoms with Gasteiger partial charge in [-0.3, -0.25) is 9.69 Å². The van der Waals surface area contributed by atoms with Crippen LogP contribution in [0.1, 0.15) is 40.0 Å². The smallest absolute Gasteiger partial charge is 0.234 e. The molecule has 0 saturated carbocycles. The topological polar surface area (TPSA) is 52.6 Å². The maximum atomic E-state index is 11.7. The lowest BCUT2D eigenvalue weighted by molar-refractivity contribution is -0.122. The highest BCUT2D eigenvalue weighted by Crippen LogP contribution is 2.20. The molecule has 100 valence electrons. The van der Waals surface area contributed by atoms with Crippen LogP contribution < -0.4 is 5.32 Å². The van der Waals surface area contributed by atoms with Crippen molar-refractivity contribution in [1.82, 2.24) is 10.2 Å². The lowest BCUT2D eigenvalue weighted by Gasteiger charge is -2.25. The first kappa shape index (κ1) is 14.5. The maximum Gasteiger partial charge on any atom is 0.234 e. The molecule has 17 heavy (non-hydrogen) atoms. The number of carbonyl (C=O) groups excluding carboxylic acids is 1. The highest BCUT2D eigenvalue weighted by atomic mass is 16.3. The molecule has 0 bridgehead atoms. The first-order chi connectivity index (χ1) is 7.99. The van der Waals surface area contributed by atoms with Crippen molar-refractivity contribution in [2.24, 2.45) is 5.92 Å². The van der Waals surface area contributed by atoms with Crippen LogP contribution in [-0.2, 0) is 4.79 Å². The van der Waals surface area contributed by atoms with E-state index in [0.717, 1.165) is 32.4 Å². The molecule has 0 aromatic heterocycles. The molecular formula is C13H26N2O2. The van der Waals surface area contributed by atoms with Crippen molar-refractivity contribution >= 4 is 5.91 Å². The molecule has 0 aromatic carbocycles. The summed E-state index contributed by atoms with van der Waals surface area (Å²) in [5, 5.41) is 12.4. The fourth-order valence-corrected chi connectivity index (χ4v) is 2.32. The second kappa shape index (κ2) is 6.97. The van der Waals surface area contributed by atoms with E-state index in [4.69, 9.17) is 0 Å². The molecule has 2 unspecified atom stereocenters. The Morgan fingerprint density at radius 1 is 1.47 bits per heavy atom. The number of hydrogen-bond acceptors (Lipinski definition) is 3. The first-order valence-corrected chi connectivity index (χ1v) is 6.68. The maximum absolute atomic E-state index is 11.7. The second-order valence-electron chi connectivity index (χ2n) is 5.55. The fraction of sp³-hybridized carbons (Fsp3) is 0.923. The van der Waals surface area contributed by atoms with E-state index in [2.05, 4.69) is 24.1 Å². The van der Waals surface area contributed by atoms with Gasteiger partial charge in [0, 0.05) is 12.6 Å². The predicted octanol–water partition coefficient (Wildman–Crippen LogP) is 0.994. The van der Waals surface area contributed by atoms with E-state index in [0.29, 0.717) is 18.5 Å². The quantitative estimate of drug-likeness (QED) is 0.730. The Morgan fingerprint density at radius 3 is 2.76 bits per heavy atom. The summed E-state index contributed by atoms with van der Waals surface area (Å²) in [6.07, 6.45) is 2.73. The summed E-state index contributed by atoms with van der Waals surface area (Å²) >= 11 is 0. The summed E-state index contributed by atoms with van der Waals surface area (Å²) < 4.78 is 0. The van der Waals surface area contributed by atoms with Crippen LogP contribution in [-0.4, -0.2) is 47.7 Å². The Morgan fingerprint density at radius 2 is 2.18 bits per heavy atom. The number of likely N-dealkylation sites (tertiary alicyclic amines) is 1. The molecule has 1 saturated heterocycles. The Balaban J connectivity index is 2.31. The van der Waals surface area contributed by atoms with Gasteiger partial charge in [-0.1, -0.05) is 13.8 Å². The van der Waals surface area contributed by atoms with Crippen LogP contribution in [0.2, 0.25) is 0 Å². The van der Waals surface area contributed by atoms with Crippen LogP contribution in [0.4, 0.5) is 0 Å². The third-order valence-corrected chi connectivity index (χ3v) is 3.17. The molecule has 1 aliphatic rings. The molecule has 1 heterocycles. The molecule has 2 N–H and O–H groups in total. The molecule has 4 nitrogen and oxygen atoms in total. The van der Waals surface area contributed by atoms with Gasteiger partial charge in [0.05, 0.1) is 12.6 Å². The standard InChI is InChI=1S/C13H26N2O2/c1-10(2)8-14-13(17)9-15-6-4-5-12(15)7-11(3)16/h10-12,16H,4-9H2,1-3H3,(H,14,17). The van der Waals surface area contributed by atoms with Crippen LogP contribution in [0.3, 0.4) is 0 Å². The van der Waals surface area contributed by atoms with Crippen molar-refractivity contribution in [3.63, 3.8) is 0 Å². The molecule has 1 fully saturated rings. The monoisotopic (exact) mass is 242 g/mol. The zero-order valence-electron chi connectivity index (χ0n) is 11.3. The zero-order valence-corrected chi connectivity index (χ0v) is 11.3. The van der Waals surface area contributed by atoms with Gasteiger partial charge in [-0.25, -0.2) is 0 Å². The zero-order chi connectivity index (χ0) is 12.8. The second-order valence-corrected chi connectivity index (χ2v) is 5.55. The summed E-state index contributed by atoms with van der Waals surface area (Å²) in [6, 6.07) is 0.375. The third kappa shape index (κ3) is 5.50. The normalized spacial score (nSPS) is 23.0. The van der Waals surface area contributed by atoms with Gasteiger partial charge < -0.3 is 10.4 Å². The molecule has 0 spiro atoms. The van der Waals surface area contributed by atoms with Gasteiger partial charge >= 0.3 is 0 Å². The van der Waals surface area contributed by atoms with E-state index in [9.17, 15) is 9.90 Å². The minimum Gasteiger partial charge on any atom is -0.393 e. The lowest BCUT2D eigenvalue weighted by Crippen LogP contribution is -2.41. The molecular weight excluding hydrogens is 216 g/mol. The fourth-order valence-electron chi connectivity index (χ4n) is 2.32. The molecule has 1 rings (SSSR count). The molecule has 0 aliphatic carbocycles. The van der Waals surface area contributed by atoms with E-state index in [1.54, 1.807) is 0 Å². The van der Waals surface area contributed by atoms with Gasteiger partial charge in [0.15, 0.2) is 0 Å². The predicted molar refractivity (Wildman–Crippen MR) is 68.7 cm³/mol. The van der Waals surface area contributed by atoms with Crippen molar-refractivity contribution in [2.45, 2.75) is 52.2 Å². The summed E-state index contributed by atoms with van der Waals surface area (Å²) in [6.45, 7) is 8.19. The van der Waals surface area contributed by atoms with E-state index in [1.807, 2.05) is 6.92 Å². The summed E-state index contributed by atoms with van der Waals surface area (Å²) in [7, 11) is 0. The van der Waals surface area contributed by atoms with Crippen molar-refractivity contribution in [1.29, 1.82) is 0 Å². The van der Waals surface area contributed by atoms with E-state index in [1.165, 1.54) is 0 Å². The average molecular weight is 242 g/mol. The Kier molecular flexibility index (Phi) is 5.92. The van der Waals surface area contributed by atoms with Gasteiger partial charge in [-0.2, -0.15) is 0 Å². The van der Waals surface area contributed by atoms with Crippen molar-refractivity contribution in [3.05, 3.63) is 0 Å². The summed E-state index contributed by atoms with van der Waals surface area (Å²) in [5.74, 6) is 0.599. The van der Waals surface area contributed by atoms with E-state index >= 15 is 0 Å². The van der Waals surface area contributed by atoms with Gasteiger partial charge in [-0.15, -0.1) is 0 Å². The van der Waals surface area contributed by atoms with Gasteiger partial charge in [-0.05, 0) is 38.6 Å². The van der Waals surface area contributed by atoms with Crippen LogP contribution in [0.5, 0.6) is 0 Å². The number of carbonyl (C=O) groups is 1. The molecule has 4 heteroatoms. The molecule has 2 atom stereocenters. The van der Waals surface area contributed by atoms with Crippen molar-refractivity contribution in [2.75, 3.05) is 19.6 Å². The van der Waals surface area contributed by atoms with Crippen molar-refractivity contribution < 1.29 is 9.90 Å². The number of rotatable bonds is 6. The summed E-state index contributed by atoms with van der Waals surface area (Å²) in [4.78, 5) is 13.9. The van der Waals surface area contributed by atoms with Crippen LogP contribution in [0, 0.1) is 5.92 Å². The largest absolute Gasteiger partial charge is 0.393 e.